The van der Waals surface area contributed by atoms with Gasteiger partial charge in [-0.2, -0.15) is 0 Å². The molecule has 0 fully saturated rings. The van der Waals surface area contributed by atoms with E-state index in [4.69, 9.17) is 4.52 Å². The van der Waals surface area contributed by atoms with Crippen LogP contribution in [-0.2, 0) is 10.2 Å². The molecule has 0 aliphatic heterocycles. The van der Waals surface area contributed by atoms with Gasteiger partial charge in [0.05, 0.1) is 12.2 Å². The van der Waals surface area contributed by atoms with E-state index in [9.17, 15) is 9.18 Å². The van der Waals surface area contributed by atoms with Crippen molar-refractivity contribution in [1.82, 2.24) is 5.16 Å². The number of carbonyl (C=O) groups excluding carboxylic acids is 1. The number of anilines is 2. The van der Waals surface area contributed by atoms with E-state index in [1.165, 1.54) is 12.1 Å². The molecule has 2 N–H and O–H groups in total. The van der Waals surface area contributed by atoms with Crippen molar-refractivity contribution < 1.29 is 13.7 Å². The lowest BCUT2D eigenvalue weighted by Gasteiger charge is -2.12. The molecule has 1 heterocycles. The third-order valence-electron chi connectivity index (χ3n) is 3.17. The highest BCUT2D eigenvalue weighted by molar-refractivity contribution is 5.92. The first-order chi connectivity index (χ1) is 10.3. The Morgan fingerprint density at radius 3 is 2.64 bits per heavy atom. The molecule has 0 saturated carbocycles. The Hall–Kier alpha value is -2.37. The number of nitrogens with zero attached hydrogens (tertiary/aromatic N) is 1. The molecule has 5 nitrogen and oxygen atoms in total. The number of benzene rings is 1. The zero-order valence-corrected chi connectivity index (χ0v) is 13.2. The minimum absolute atomic E-state index is 0.0536. The molecule has 1 aromatic carbocycles. The Bertz CT molecular complexity index is 674. The molecule has 2 aromatic rings. The molecule has 1 amide bonds. The fourth-order valence-corrected chi connectivity index (χ4v) is 1.87. The number of hydrogen-bond acceptors (Lipinski definition) is 4. The van der Waals surface area contributed by atoms with Crippen molar-refractivity contribution in [2.75, 3.05) is 17.2 Å². The molecule has 0 unspecified atom stereocenters. The minimum atomic E-state index is -0.302. The molecule has 0 atom stereocenters. The van der Waals surface area contributed by atoms with Crippen molar-refractivity contribution >= 4 is 17.5 Å². The molecule has 118 valence electrons. The highest BCUT2D eigenvalue weighted by atomic mass is 19.1. The first-order valence-corrected chi connectivity index (χ1v) is 7.03. The van der Waals surface area contributed by atoms with E-state index in [1.54, 1.807) is 19.1 Å². The zero-order valence-electron chi connectivity index (χ0n) is 13.2. The third-order valence-corrected chi connectivity index (χ3v) is 3.17. The van der Waals surface area contributed by atoms with Crippen molar-refractivity contribution in [2.45, 2.75) is 33.1 Å². The molecule has 2 rings (SSSR count). The summed E-state index contributed by atoms with van der Waals surface area (Å²) >= 11 is 0. The van der Waals surface area contributed by atoms with E-state index in [-0.39, 0.29) is 23.7 Å². The second-order valence-corrected chi connectivity index (χ2v) is 6.19. The lowest BCUT2D eigenvalue weighted by molar-refractivity contribution is -0.114. The summed E-state index contributed by atoms with van der Waals surface area (Å²) in [5.41, 5.74) is 2.08. The predicted molar refractivity (Wildman–Crippen MR) is 83.5 cm³/mol. The summed E-state index contributed by atoms with van der Waals surface area (Å²) in [6, 6.07) is 6.07. The molecule has 0 aliphatic carbocycles. The number of hydrogen-bond donors (Lipinski definition) is 2. The monoisotopic (exact) mass is 305 g/mol. The number of halogens is 1. The molecule has 0 aliphatic rings. The number of aromatic nitrogens is 1. The average Bonchev–Trinajstić information content (AvgIpc) is 2.86. The molecule has 0 spiro atoms. The number of carbonyl (C=O) groups is 1. The van der Waals surface area contributed by atoms with E-state index in [1.807, 2.05) is 20.8 Å². The maximum absolute atomic E-state index is 13.0. The van der Waals surface area contributed by atoms with Gasteiger partial charge in [0, 0.05) is 17.2 Å². The van der Waals surface area contributed by atoms with E-state index in [0.29, 0.717) is 11.6 Å². The number of nitrogens with one attached hydrogen (secondary N) is 2. The number of amides is 1. The van der Waals surface area contributed by atoms with Crippen LogP contribution < -0.4 is 10.6 Å². The Morgan fingerprint density at radius 1 is 1.32 bits per heavy atom. The molecule has 0 bridgehead atoms. The van der Waals surface area contributed by atoms with Gasteiger partial charge in [0.25, 0.3) is 0 Å². The van der Waals surface area contributed by atoms with Gasteiger partial charge in [0.2, 0.25) is 11.8 Å². The van der Waals surface area contributed by atoms with Crippen molar-refractivity contribution in [2.24, 2.45) is 0 Å². The Morgan fingerprint density at radius 2 is 2.05 bits per heavy atom. The van der Waals surface area contributed by atoms with Gasteiger partial charge in [0.1, 0.15) is 5.82 Å². The predicted octanol–water partition coefficient (Wildman–Crippen LogP) is 3.47. The summed E-state index contributed by atoms with van der Waals surface area (Å²) in [6.07, 6.45) is 0. The van der Waals surface area contributed by atoms with Gasteiger partial charge >= 0.3 is 0 Å². The van der Waals surface area contributed by atoms with Gasteiger partial charge in [-0.3, -0.25) is 10.1 Å². The standard InChI is InChI=1S/C16H20FN3O2/c1-10-7-11(17)5-6-12(10)18-9-14(21)19-15-8-13(20-22-15)16(2,3)4/h5-8,18H,9H2,1-4H3,(H,19,21). The quantitative estimate of drug-likeness (QED) is 0.907. The first-order valence-electron chi connectivity index (χ1n) is 7.03. The highest BCUT2D eigenvalue weighted by Gasteiger charge is 2.19. The van der Waals surface area contributed by atoms with Gasteiger partial charge < -0.3 is 9.84 Å². The van der Waals surface area contributed by atoms with Gasteiger partial charge in [-0.05, 0) is 30.7 Å². The highest BCUT2D eigenvalue weighted by Crippen LogP contribution is 2.23. The smallest absolute Gasteiger partial charge is 0.246 e. The van der Waals surface area contributed by atoms with Crippen LogP contribution in [0, 0.1) is 12.7 Å². The average molecular weight is 305 g/mol. The van der Waals surface area contributed by atoms with Crippen LogP contribution >= 0.6 is 0 Å². The molecule has 0 radical (unpaired) electrons. The van der Waals surface area contributed by atoms with Gasteiger partial charge in [-0.15, -0.1) is 0 Å². The molecule has 1 aromatic heterocycles. The fourth-order valence-electron chi connectivity index (χ4n) is 1.87. The van der Waals surface area contributed by atoms with E-state index < -0.39 is 0 Å². The van der Waals surface area contributed by atoms with Crippen LogP contribution in [0.25, 0.3) is 0 Å². The second-order valence-electron chi connectivity index (χ2n) is 6.19. The Balaban J connectivity index is 1.92. The van der Waals surface area contributed by atoms with Crippen LogP contribution in [0.1, 0.15) is 32.0 Å². The topological polar surface area (TPSA) is 67.2 Å². The summed E-state index contributed by atoms with van der Waals surface area (Å²) in [5, 5.41) is 9.52. The van der Waals surface area contributed by atoms with E-state index in [0.717, 1.165) is 11.3 Å². The summed E-state index contributed by atoms with van der Waals surface area (Å²) in [5.74, 6) is -0.253. The van der Waals surface area contributed by atoms with Crippen LogP contribution in [0.2, 0.25) is 0 Å². The summed E-state index contributed by atoms with van der Waals surface area (Å²) in [4.78, 5) is 11.9. The van der Waals surface area contributed by atoms with Crippen LogP contribution in [0.4, 0.5) is 16.0 Å². The molecular formula is C16H20FN3O2. The molecule has 6 heteroatoms. The largest absolute Gasteiger partial charge is 0.376 e. The van der Waals surface area contributed by atoms with Crippen LogP contribution in [0.5, 0.6) is 0 Å². The van der Waals surface area contributed by atoms with E-state index in [2.05, 4.69) is 15.8 Å². The van der Waals surface area contributed by atoms with Gasteiger partial charge in [-0.1, -0.05) is 25.9 Å². The fraction of sp³-hybridized carbons (Fsp3) is 0.375. The van der Waals surface area contributed by atoms with Crippen molar-refractivity contribution in [3.05, 3.63) is 41.3 Å². The third kappa shape index (κ3) is 4.07. The molecular weight excluding hydrogens is 285 g/mol. The zero-order chi connectivity index (χ0) is 16.3. The number of rotatable bonds is 4. The summed E-state index contributed by atoms with van der Waals surface area (Å²) < 4.78 is 18.1. The molecule has 0 saturated heterocycles. The van der Waals surface area contributed by atoms with Crippen molar-refractivity contribution in [1.29, 1.82) is 0 Å². The Labute approximate surface area is 128 Å². The van der Waals surface area contributed by atoms with Crippen LogP contribution in [-0.4, -0.2) is 17.6 Å². The first kappa shape index (κ1) is 16.0. The lowest BCUT2D eigenvalue weighted by atomic mass is 9.92. The van der Waals surface area contributed by atoms with Gasteiger partial charge in [-0.25, -0.2) is 4.39 Å². The van der Waals surface area contributed by atoms with Crippen molar-refractivity contribution in [3.8, 4) is 0 Å². The minimum Gasteiger partial charge on any atom is -0.376 e. The maximum atomic E-state index is 13.0. The maximum Gasteiger partial charge on any atom is 0.246 e. The normalized spacial score (nSPS) is 11.3. The van der Waals surface area contributed by atoms with Crippen molar-refractivity contribution in [3.63, 3.8) is 0 Å². The SMILES string of the molecule is Cc1cc(F)ccc1NCC(=O)Nc1cc(C(C)(C)C)no1. The number of aryl methyl sites for hydroxylation is 1. The summed E-state index contributed by atoms with van der Waals surface area (Å²) in [6.45, 7) is 7.85. The van der Waals surface area contributed by atoms with Gasteiger partial charge in [0.15, 0.2) is 0 Å². The molecule has 22 heavy (non-hydrogen) atoms. The van der Waals surface area contributed by atoms with Crippen LogP contribution in [0.3, 0.4) is 0 Å². The van der Waals surface area contributed by atoms with Crippen LogP contribution in [0.15, 0.2) is 28.8 Å². The second kappa shape index (κ2) is 6.17. The summed E-state index contributed by atoms with van der Waals surface area (Å²) in [7, 11) is 0. The lowest BCUT2D eigenvalue weighted by Crippen LogP contribution is -2.21. The Kier molecular flexibility index (Phi) is 4.49. The van der Waals surface area contributed by atoms with E-state index >= 15 is 0 Å².